The highest BCUT2D eigenvalue weighted by atomic mass is 16.6. The number of ether oxygens (including phenoxy) is 1. The van der Waals surface area contributed by atoms with Crippen LogP contribution in [0.2, 0.25) is 0 Å². The molecule has 2 rings (SSSR count). The van der Waals surface area contributed by atoms with Crippen molar-refractivity contribution in [2.24, 2.45) is 0 Å². The summed E-state index contributed by atoms with van der Waals surface area (Å²) in [5.41, 5.74) is 1.62. The minimum Gasteiger partial charge on any atom is -0.490 e. The second-order valence-electron chi connectivity index (χ2n) is 3.13. The fourth-order valence-electron chi connectivity index (χ4n) is 1.42. The first-order valence-electron chi connectivity index (χ1n) is 4.54. The number of nitro benzene ring substituents is 1. The van der Waals surface area contributed by atoms with Gasteiger partial charge in [-0.1, -0.05) is 0 Å². The maximum Gasteiger partial charge on any atom is 0.310 e. The molecule has 1 aromatic carbocycles. The minimum atomic E-state index is -0.474. The zero-order valence-electron chi connectivity index (χ0n) is 8.51. The Hall–Kier alpha value is -2.37. The van der Waals surface area contributed by atoms with Crippen molar-refractivity contribution in [1.82, 2.24) is 10.2 Å². The van der Waals surface area contributed by atoms with Gasteiger partial charge in [-0.05, 0) is 17.7 Å². The van der Waals surface area contributed by atoms with E-state index in [1.165, 1.54) is 13.2 Å². The van der Waals surface area contributed by atoms with E-state index in [2.05, 4.69) is 10.2 Å². The van der Waals surface area contributed by atoms with Gasteiger partial charge in [-0.2, -0.15) is 5.10 Å². The maximum absolute atomic E-state index is 10.7. The molecule has 1 aromatic heterocycles. The maximum atomic E-state index is 10.7. The molecule has 0 radical (unpaired) electrons. The van der Waals surface area contributed by atoms with Crippen molar-refractivity contribution in [3.8, 4) is 16.9 Å². The number of nitrogens with zero attached hydrogens (tertiary/aromatic N) is 2. The highest BCUT2D eigenvalue weighted by molar-refractivity contribution is 5.67. The number of hydrogen-bond donors (Lipinski definition) is 1. The fourth-order valence-corrected chi connectivity index (χ4v) is 1.42. The van der Waals surface area contributed by atoms with Crippen LogP contribution >= 0.6 is 0 Å². The number of hydrogen-bond acceptors (Lipinski definition) is 4. The number of H-pyrrole nitrogens is 1. The number of rotatable bonds is 3. The van der Waals surface area contributed by atoms with Gasteiger partial charge in [-0.15, -0.1) is 0 Å². The van der Waals surface area contributed by atoms with E-state index in [0.29, 0.717) is 0 Å². The van der Waals surface area contributed by atoms with Gasteiger partial charge in [-0.3, -0.25) is 15.2 Å². The van der Waals surface area contributed by atoms with E-state index in [1.807, 2.05) is 0 Å². The molecule has 0 aliphatic rings. The second-order valence-corrected chi connectivity index (χ2v) is 3.13. The first kappa shape index (κ1) is 10.2. The summed E-state index contributed by atoms with van der Waals surface area (Å²) >= 11 is 0. The molecule has 82 valence electrons. The molecule has 0 bridgehead atoms. The molecule has 0 saturated carbocycles. The zero-order valence-corrected chi connectivity index (χ0v) is 8.51. The van der Waals surface area contributed by atoms with Crippen molar-refractivity contribution < 1.29 is 9.66 Å². The standard InChI is InChI=1S/C10H9N3O3/c1-16-10-4-7(8-5-11-12-6-8)2-3-9(10)13(14)15/h2-6H,1H3,(H,11,12). The summed E-state index contributed by atoms with van der Waals surface area (Å²) in [6.07, 6.45) is 3.35. The van der Waals surface area contributed by atoms with Crippen LogP contribution in [-0.2, 0) is 0 Å². The van der Waals surface area contributed by atoms with Crippen molar-refractivity contribution in [2.75, 3.05) is 7.11 Å². The predicted molar refractivity (Wildman–Crippen MR) is 57.2 cm³/mol. The van der Waals surface area contributed by atoms with Gasteiger partial charge in [0.2, 0.25) is 0 Å². The summed E-state index contributed by atoms with van der Waals surface area (Å²) < 4.78 is 4.97. The molecule has 0 unspecified atom stereocenters. The van der Waals surface area contributed by atoms with Crippen molar-refractivity contribution >= 4 is 5.69 Å². The minimum absolute atomic E-state index is 0.0465. The van der Waals surface area contributed by atoms with Crippen LogP contribution < -0.4 is 4.74 Å². The van der Waals surface area contributed by atoms with Crippen LogP contribution in [0.5, 0.6) is 5.75 Å². The number of nitro groups is 1. The summed E-state index contributed by atoms with van der Waals surface area (Å²) in [4.78, 5) is 10.2. The molecule has 0 aliphatic carbocycles. The molecule has 1 heterocycles. The summed E-state index contributed by atoms with van der Waals surface area (Å²) in [5, 5.41) is 17.2. The summed E-state index contributed by atoms with van der Waals surface area (Å²) in [7, 11) is 1.40. The molecule has 0 spiro atoms. The van der Waals surface area contributed by atoms with Crippen LogP contribution in [0, 0.1) is 10.1 Å². The molecule has 0 atom stereocenters. The van der Waals surface area contributed by atoms with E-state index in [4.69, 9.17) is 4.74 Å². The molecule has 6 heteroatoms. The first-order valence-corrected chi connectivity index (χ1v) is 4.54. The van der Waals surface area contributed by atoms with E-state index in [-0.39, 0.29) is 11.4 Å². The van der Waals surface area contributed by atoms with E-state index in [1.54, 1.807) is 24.5 Å². The Balaban J connectivity index is 2.49. The van der Waals surface area contributed by atoms with Crippen molar-refractivity contribution in [1.29, 1.82) is 0 Å². The Morgan fingerprint density at radius 1 is 1.44 bits per heavy atom. The molecule has 0 amide bonds. The van der Waals surface area contributed by atoms with Gasteiger partial charge in [0.05, 0.1) is 18.2 Å². The molecule has 2 aromatic rings. The third-order valence-electron chi connectivity index (χ3n) is 2.21. The van der Waals surface area contributed by atoms with E-state index in [0.717, 1.165) is 11.1 Å². The fraction of sp³-hybridized carbons (Fsp3) is 0.100. The Kier molecular flexibility index (Phi) is 2.55. The SMILES string of the molecule is COc1cc(-c2cn[nH]c2)ccc1[N+](=O)[O-]. The lowest BCUT2D eigenvalue weighted by atomic mass is 10.1. The molecule has 0 saturated heterocycles. The van der Waals surface area contributed by atoms with Crippen LogP contribution in [0.4, 0.5) is 5.69 Å². The van der Waals surface area contributed by atoms with Crippen LogP contribution in [0.15, 0.2) is 30.6 Å². The smallest absolute Gasteiger partial charge is 0.310 e. The second kappa shape index (κ2) is 4.01. The highest BCUT2D eigenvalue weighted by Gasteiger charge is 2.15. The van der Waals surface area contributed by atoms with Crippen molar-refractivity contribution in [3.05, 3.63) is 40.7 Å². The largest absolute Gasteiger partial charge is 0.490 e. The number of nitrogens with one attached hydrogen (secondary N) is 1. The summed E-state index contributed by atoms with van der Waals surface area (Å²) in [5.74, 6) is 0.240. The lowest BCUT2D eigenvalue weighted by Gasteiger charge is -2.03. The lowest BCUT2D eigenvalue weighted by Crippen LogP contribution is -1.93. The van der Waals surface area contributed by atoms with Gasteiger partial charge in [-0.25, -0.2) is 0 Å². The van der Waals surface area contributed by atoms with Crippen molar-refractivity contribution in [2.45, 2.75) is 0 Å². The predicted octanol–water partition coefficient (Wildman–Crippen LogP) is 1.99. The topological polar surface area (TPSA) is 81.0 Å². The first-order chi connectivity index (χ1) is 7.72. The molecular weight excluding hydrogens is 210 g/mol. The van der Waals surface area contributed by atoms with Crippen LogP contribution in [0.25, 0.3) is 11.1 Å². The average Bonchev–Trinajstić information content (AvgIpc) is 2.81. The number of methoxy groups -OCH3 is 1. The van der Waals surface area contributed by atoms with Gasteiger partial charge in [0.25, 0.3) is 0 Å². The molecule has 0 fully saturated rings. The quantitative estimate of drug-likeness (QED) is 0.632. The normalized spacial score (nSPS) is 10.1. The molecule has 6 nitrogen and oxygen atoms in total. The van der Waals surface area contributed by atoms with Gasteiger partial charge >= 0.3 is 5.69 Å². The average molecular weight is 219 g/mol. The van der Waals surface area contributed by atoms with Crippen molar-refractivity contribution in [3.63, 3.8) is 0 Å². The Morgan fingerprint density at radius 3 is 2.81 bits per heavy atom. The summed E-state index contributed by atoms with van der Waals surface area (Å²) in [6.45, 7) is 0. The highest BCUT2D eigenvalue weighted by Crippen LogP contribution is 2.31. The molecule has 0 aliphatic heterocycles. The van der Waals surface area contributed by atoms with Gasteiger partial charge in [0.1, 0.15) is 0 Å². The molecule has 1 N–H and O–H groups in total. The van der Waals surface area contributed by atoms with Crippen LogP contribution in [0.3, 0.4) is 0 Å². The van der Waals surface area contributed by atoms with E-state index < -0.39 is 4.92 Å². The van der Waals surface area contributed by atoms with Gasteiger partial charge < -0.3 is 4.74 Å². The third-order valence-corrected chi connectivity index (χ3v) is 2.21. The lowest BCUT2D eigenvalue weighted by molar-refractivity contribution is -0.385. The molecule has 16 heavy (non-hydrogen) atoms. The Labute approximate surface area is 91.0 Å². The summed E-state index contributed by atoms with van der Waals surface area (Å²) in [6, 6.07) is 4.69. The van der Waals surface area contributed by atoms with Gasteiger partial charge in [0, 0.05) is 17.8 Å². The number of aromatic amines is 1. The number of aromatic nitrogens is 2. The van der Waals surface area contributed by atoms with E-state index >= 15 is 0 Å². The van der Waals surface area contributed by atoms with Crippen LogP contribution in [0.1, 0.15) is 0 Å². The third kappa shape index (κ3) is 1.72. The monoisotopic (exact) mass is 219 g/mol. The number of benzene rings is 1. The zero-order chi connectivity index (χ0) is 11.5. The van der Waals surface area contributed by atoms with Crippen LogP contribution in [-0.4, -0.2) is 22.2 Å². The Bertz CT molecular complexity index is 508. The molecular formula is C10H9N3O3. The van der Waals surface area contributed by atoms with E-state index in [9.17, 15) is 10.1 Å². The van der Waals surface area contributed by atoms with Gasteiger partial charge in [0.15, 0.2) is 5.75 Å². The Morgan fingerprint density at radius 2 is 2.25 bits per heavy atom.